The van der Waals surface area contributed by atoms with Crippen LogP contribution in [0, 0.1) is 5.92 Å². The van der Waals surface area contributed by atoms with E-state index in [1.807, 2.05) is 5.51 Å². The first-order valence-corrected chi connectivity index (χ1v) is 5.85. The van der Waals surface area contributed by atoms with Gasteiger partial charge in [-0.05, 0) is 25.2 Å². The van der Waals surface area contributed by atoms with Gasteiger partial charge in [0.15, 0.2) is 0 Å². The van der Waals surface area contributed by atoms with Crippen molar-refractivity contribution >= 4 is 11.3 Å². The fourth-order valence-electron chi connectivity index (χ4n) is 2.03. The molecule has 1 N–H and O–H groups in total. The van der Waals surface area contributed by atoms with E-state index in [1.165, 1.54) is 19.3 Å². The molecule has 2 unspecified atom stereocenters. The molecule has 1 aromatic heterocycles. The predicted octanol–water partition coefficient (Wildman–Crippen LogP) is 2.24. The van der Waals surface area contributed by atoms with Crippen LogP contribution in [0.1, 0.15) is 31.4 Å². The van der Waals surface area contributed by atoms with Crippen LogP contribution in [0.5, 0.6) is 0 Å². The molecule has 0 aliphatic heterocycles. The SMILES string of the molecule is OC1CCCCC1Cc1cscn1. The van der Waals surface area contributed by atoms with Crippen LogP contribution in [0.2, 0.25) is 0 Å². The standard InChI is InChI=1S/C10H15NOS/c12-10-4-2-1-3-8(10)5-9-6-13-7-11-9/h6-8,10,12H,1-5H2. The summed E-state index contributed by atoms with van der Waals surface area (Å²) in [6.07, 6.45) is 5.48. The number of aliphatic hydroxyl groups excluding tert-OH is 1. The van der Waals surface area contributed by atoms with Gasteiger partial charge in [-0.2, -0.15) is 0 Å². The van der Waals surface area contributed by atoms with E-state index in [9.17, 15) is 5.11 Å². The lowest BCUT2D eigenvalue weighted by Gasteiger charge is -2.26. The van der Waals surface area contributed by atoms with Crippen molar-refractivity contribution in [2.75, 3.05) is 0 Å². The lowest BCUT2D eigenvalue weighted by Crippen LogP contribution is -2.26. The summed E-state index contributed by atoms with van der Waals surface area (Å²) in [6, 6.07) is 0. The van der Waals surface area contributed by atoms with Crippen LogP contribution in [0.4, 0.5) is 0 Å². The molecule has 0 saturated heterocycles. The van der Waals surface area contributed by atoms with Crippen molar-refractivity contribution in [2.45, 2.75) is 38.2 Å². The lowest BCUT2D eigenvalue weighted by atomic mass is 9.84. The summed E-state index contributed by atoms with van der Waals surface area (Å²) in [4.78, 5) is 4.25. The summed E-state index contributed by atoms with van der Waals surface area (Å²) in [5.41, 5.74) is 3.01. The highest BCUT2D eigenvalue weighted by atomic mass is 32.1. The highest BCUT2D eigenvalue weighted by molar-refractivity contribution is 7.07. The summed E-state index contributed by atoms with van der Waals surface area (Å²) >= 11 is 1.64. The van der Waals surface area contributed by atoms with Crippen molar-refractivity contribution < 1.29 is 5.11 Å². The molecule has 1 aliphatic rings. The molecule has 0 radical (unpaired) electrons. The van der Waals surface area contributed by atoms with Gasteiger partial charge in [0.1, 0.15) is 0 Å². The van der Waals surface area contributed by atoms with E-state index in [1.54, 1.807) is 11.3 Å². The fraction of sp³-hybridized carbons (Fsp3) is 0.700. The van der Waals surface area contributed by atoms with E-state index in [0.29, 0.717) is 5.92 Å². The Morgan fingerprint density at radius 3 is 3.00 bits per heavy atom. The van der Waals surface area contributed by atoms with Crippen molar-refractivity contribution in [3.05, 3.63) is 16.6 Å². The molecule has 0 spiro atoms. The molecule has 1 aliphatic carbocycles. The summed E-state index contributed by atoms with van der Waals surface area (Å²) in [5, 5.41) is 11.8. The Morgan fingerprint density at radius 2 is 2.31 bits per heavy atom. The first-order valence-electron chi connectivity index (χ1n) is 4.91. The Bertz CT molecular complexity index is 247. The van der Waals surface area contributed by atoms with Crippen LogP contribution in [-0.2, 0) is 6.42 Å². The summed E-state index contributed by atoms with van der Waals surface area (Å²) < 4.78 is 0. The van der Waals surface area contributed by atoms with E-state index in [0.717, 1.165) is 18.5 Å². The Balaban J connectivity index is 1.93. The van der Waals surface area contributed by atoms with Gasteiger partial charge in [-0.15, -0.1) is 11.3 Å². The van der Waals surface area contributed by atoms with Crippen molar-refractivity contribution in [3.8, 4) is 0 Å². The maximum atomic E-state index is 9.74. The highest BCUT2D eigenvalue weighted by Gasteiger charge is 2.23. The topological polar surface area (TPSA) is 33.1 Å². The molecule has 1 aromatic rings. The van der Waals surface area contributed by atoms with E-state index in [2.05, 4.69) is 10.4 Å². The third kappa shape index (κ3) is 2.29. The number of hydrogen-bond donors (Lipinski definition) is 1. The quantitative estimate of drug-likeness (QED) is 0.788. The molecule has 0 amide bonds. The maximum Gasteiger partial charge on any atom is 0.0794 e. The summed E-state index contributed by atoms with van der Waals surface area (Å²) in [5.74, 6) is 0.454. The third-order valence-corrected chi connectivity index (χ3v) is 3.46. The second-order valence-corrected chi connectivity index (χ2v) is 4.51. The van der Waals surface area contributed by atoms with Crippen LogP contribution in [-0.4, -0.2) is 16.2 Å². The zero-order valence-corrected chi connectivity index (χ0v) is 8.46. The number of hydrogen-bond acceptors (Lipinski definition) is 3. The summed E-state index contributed by atoms with van der Waals surface area (Å²) in [6.45, 7) is 0. The lowest BCUT2D eigenvalue weighted by molar-refractivity contribution is 0.0696. The Labute approximate surface area is 82.6 Å². The van der Waals surface area contributed by atoms with Crippen LogP contribution >= 0.6 is 11.3 Å². The minimum Gasteiger partial charge on any atom is -0.393 e. The van der Waals surface area contributed by atoms with Gasteiger partial charge in [-0.3, -0.25) is 0 Å². The Morgan fingerprint density at radius 1 is 1.46 bits per heavy atom. The predicted molar refractivity (Wildman–Crippen MR) is 53.8 cm³/mol. The second kappa shape index (κ2) is 4.20. The minimum atomic E-state index is -0.0875. The number of aliphatic hydroxyl groups is 1. The molecule has 0 bridgehead atoms. The normalized spacial score (nSPS) is 29.0. The van der Waals surface area contributed by atoms with Gasteiger partial charge in [-0.25, -0.2) is 4.98 Å². The van der Waals surface area contributed by atoms with Crippen LogP contribution < -0.4 is 0 Å². The van der Waals surface area contributed by atoms with Gasteiger partial charge in [0, 0.05) is 5.38 Å². The number of nitrogens with zero attached hydrogens (tertiary/aromatic N) is 1. The average molecular weight is 197 g/mol. The molecular weight excluding hydrogens is 182 g/mol. The largest absolute Gasteiger partial charge is 0.393 e. The molecule has 1 fully saturated rings. The first kappa shape index (κ1) is 9.16. The number of aromatic nitrogens is 1. The van der Waals surface area contributed by atoms with Crippen molar-refractivity contribution in [2.24, 2.45) is 5.92 Å². The molecule has 3 heteroatoms. The Kier molecular flexibility index (Phi) is 2.96. The fourth-order valence-corrected chi connectivity index (χ4v) is 2.60. The molecule has 13 heavy (non-hydrogen) atoms. The van der Waals surface area contributed by atoms with Crippen LogP contribution in [0.25, 0.3) is 0 Å². The molecule has 1 heterocycles. The second-order valence-electron chi connectivity index (χ2n) is 3.80. The molecule has 72 valence electrons. The molecule has 2 atom stereocenters. The smallest absolute Gasteiger partial charge is 0.0794 e. The molecule has 2 rings (SSSR count). The van der Waals surface area contributed by atoms with E-state index >= 15 is 0 Å². The summed E-state index contributed by atoms with van der Waals surface area (Å²) in [7, 11) is 0. The van der Waals surface area contributed by atoms with Gasteiger partial charge in [0.05, 0.1) is 17.3 Å². The minimum absolute atomic E-state index is 0.0875. The van der Waals surface area contributed by atoms with Crippen molar-refractivity contribution in [1.82, 2.24) is 4.98 Å². The maximum absolute atomic E-state index is 9.74. The zero-order chi connectivity index (χ0) is 9.10. The van der Waals surface area contributed by atoms with E-state index in [4.69, 9.17) is 0 Å². The van der Waals surface area contributed by atoms with Gasteiger partial charge in [0.25, 0.3) is 0 Å². The van der Waals surface area contributed by atoms with Gasteiger partial charge in [0.2, 0.25) is 0 Å². The molecule has 1 saturated carbocycles. The van der Waals surface area contributed by atoms with Gasteiger partial charge >= 0.3 is 0 Å². The molecule has 0 aromatic carbocycles. The zero-order valence-electron chi connectivity index (χ0n) is 7.65. The van der Waals surface area contributed by atoms with E-state index in [-0.39, 0.29) is 6.10 Å². The number of rotatable bonds is 2. The third-order valence-electron chi connectivity index (χ3n) is 2.82. The van der Waals surface area contributed by atoms with Crippen molar-refractivity contribution in [1.29, 1.82) is 0 Å². The molecule has 2 nitrogen and oxygen atoms in total. The van der Waals surface area contributed by atoms with Crippen LogP contribution in [0.15, 0.2) is 10.9 Å². The average Bonchev–Trinajstić information content (AvgIpc) is 2.61. The van der Waals surface area contributed by atoms with Gasteiger partial charge in [-0.1, -0.05) is 12.8 Å². The van der Waals surface area contributed by atoms with Crippen LogP contribution in [0.3, 0.4) is 0 Å². The van der Waals surface area contributed by atoms with E-state index < -0.39 is 0 Å². The highest BCUT2D eigenvalue weighted by Crippen LogP contribution is 2.27. The van der Waals surface area contributed by atoms with Crippen molar-refractivity contribution in [3.63, 3.8) is 0 Å². The first-order chi connectivity index (χ1) is 6.36. The molecular formula is C10H15NOS. The van der Waals surface area contributed by atoms with Gasteiger partial charge < -0.3 is 5.11 Å². The Hall–Kier alpha value is -0.410. The number of thiazole rings is 1. The monoisotopic (exact) mass is 197 g/mol.